The van der Waals surface area contributed by atoms with Gasteiger partial charge in [-0.15, -0.1) is 0 Å². The topological polar surface area (TPSA) is 75.5 Å². The minimum Gasteiger partial charge on any atom is -0.335 e. The van der Waals surface area contributed by atoms with E-state index in [-0.39, 0.29) is 28.2 Å². The monoisotopic (exact) mass is 309 g/mol. The Labute approximate surface area is 127 Å². The molecule has 7 heteroatoms. The molecule has 0 aromatic heterocycles. The average Bonchev–Trinajstić information content (AvgIpc) is 3.01. The van der Waals surface area contributed by atoms with Gasteiger partial charge in [0.2, 0.25) is 0 Å². The third kappa shape index (κ3) is 2.49. The van der Waals surface area contributed by atoms with E-state index in [2.05, 4.69) is 5.32 Å². The van der Waals surface area contributed by atoms with Crippen LogP contribution in [0.5, 0.6) is 0 Å². The highest BCUT2D eigenvalue weighted by molar-refractivity contribution is 6.31. The molecule has 3 rings (SSSR count). The van der Waals surface area contributed by atoms with Crippen LogP contribution >= 0.6 is 11.6 Å². The second-order valence-electron chi connectivity index (χ2n) is 5.74. The van der Waals surface area contributed by atoms with Crippen molar-refractivity contribution >= 4 is 23.2 Å². The molecule has 2 fully saturated rings. The highest BCUT2D eigenvalue weighted by Crippen LogP contribution is 2.34. The van der Waals surface area contributed by atoms with Crippen molar-refractivity contribution in [2.75, 3.05) is 19.6 Å². The molecule has 2 saturated heterocycles. The first-order valence-corrected chi connectivity index (χ1v) is 7.32. The van der Waals surface area contributed by atoms with Gasteiger partial charge in [0.25, 0.3) is 11.6 Å². The van der Waals surface area contributed by atoms with Crippen LogP contribution in [-0.2, 0) is 0 Å². The van der Waals surface area contributed by atoms with Gasteiger partial charge in [-0.3, -0.25) is 14.9 Å². The Balaban J connectivity index is 1.87. The summed E-state index contributed by atoms with van der Waals surface area (Å²) < 4.78 is 0. The fourth-order valence-corrected chi connectivity index (χ4v) is 3.63. The molecule has 6 nitrogen and oxygen atoms in total. The van der Waals surface area contributed by atoms with Gasteiger partial charge in [-0.05, 0) is 24.8 Å². The predicted octanol–water partition coefficient (Wildman–Crippen LogP) is 1.93. The summed E-state index contributed by atoms with van der Waals surface area (Å²) in [6.45, 7) is 4.58. The lowest BCUT2D eigenvalue weighted by molar-refractivity contribution is -0.384. The third-order valence-electron chi connectivity index (χ3n) is 4.54. The molecule has 1 aromatic rings. The first-order valence-electron chi connectivity index (χ1n) is 6.94. The average molecular weight is 310 g/mol. The fourth-order valence-electron chi connectivity index (χ4n) is 3.40. The summed E-state index contributed by atoms with van der Waals surface area (Å²) in [6.07, 6.45) is 0. The van der Waals surface area contributed by atoms with Crippen molar-refractivity contribution in [1.82, 2.24) is 10.2 Å². The second-order valence-corrected chi connectivity index (χ2v) is 6.17. The Bertz CT molecular complexity index is 607. The third-order valence-corrected chi connectivity index (χ3v) is 4.75. The molecule has 1 amide bonds. The van der Waals surface area contributed by atoms with Crippen molar-refractivity contribution in [3.05, 3.63) is 38.9 Å². The number of nitro groups is 1. The van der Waals surface area contributed by atoms with Crippen LogP contribution in [0.25, 0.3) is 0 Å². The number of likely N-dealkylation sites (tertiary alicyclic amines) is 1. The number of nitro benzene ring substituents is 1. The largest absolute Gasteiger partial charge is 0.335 e. The molecule has 1 aromatic carbocycles. The van der Waals surface area contributed by atoms with Crippen LogP contribution < -0.4 is 5.32 Å². The quantitative estimate of drug-likeness (QED) is 0.669. The Morgan fingerprint density at radius 2 is 2.19 bits per heavy atom. The maximum absolute atomic E-state index is 12.6. The van der Waals surface area contributed by atoms with Gasteiger partial charge in [0.1, 0.15) is 0 Å². The van der Waals surface area contributed by atoms with E-state index in [1.165, 1.54) is 18.2 Å². The second kappa shape index (κ2) is 5.27. The molecule has 0 saturated carbocycles. The molecule has 0 aliphatic carbocycles. The molecule has 21 heavy (non-hydrogen) atoms. The van der Waals surface area contributed by atoms with Crippen molar-refractivity contribution in [2.45, 2.75) is 13.0 Å². The normalized spacial score (nSPS) is 27.7. The van der Waals surface area contributed by atoms with Gasteiger partial charge in [0.15, 0.2) is 0 Å². The molecule has 2 heterocycles. The van der Waals surface area contributed by atoms with Crippen LogP contribution in [0.1, 0.15) is 17.3 Å². The number of carbonyl (C=O) groups is 1. The standard InChI is InChI=1S/C14H16ClN3O3/c1-8-13-6-16-5-10(13)7-17(8)14(19)9-2-11(15)4-12(3-9)18(20)21/h2-4,8,10,13,16H,5-7H2,1H3. The number of non-ortho nitro benzene ring substituents is 1. The number of halogens is 1. The molecule has 112 valence electrons. The number of rotatable bonds is 2. The molecule has 3 unspecified atom stereocenters. The summed E-state index contributed by atoms with van der Waals surface area (Å²) in [5.74, 6) is 0.753. The van der Waals surface area contributed by atoms with E-state index in [1.807, 2.05) is 11.8 Å². The van der Waals surface area contributed by atoms with Crippen LogP contribution in [0.2, 0.25) is 5.02 Å². The van der Waals surface area contributed by atoms with E-state index >= 15 is 0 Å². The molecule has 2 aliphatic heterocycles. The molecule has 0 spiro atoms. The van der Waals surface area contributed by atoms with Gasteiger partial charge in [-0.2, -0.15) is 0 Å². The van der Waals surface area contributed by atoms with Crippen LogP contribution in [0.4, 0.5) is 5.69 Å². The van der Waals surface area contributed by atoms with E-state index in [4.69, 9.17) is 11.6 Å². The Hall–Kier alpha value is -1.66. The minimum absolute atomic E-state index is 0.135. The summed E-state index contributed by atoms with van der Waals surface area (Å²) in [7, 11) is 0. The lowest BCUT2D eigenvalue weighted by atomic mass is 9.95. The Kier molecular flexibility index (Phi) is 3.59. The van der Waals surface area contributed by atoms with Crippen LogP contribution in [0.15, 0.2) is 18.2 Å². The van der Waals surface area contributed by atoms with Crippen molar-refractivity contribution in [3.8, 4) is 0 Å². The minimum atomic E-state index is -0.533. The van der Waals surface area contributed by atoms with E-state index in [9.17, 15) is 14.9 Å². The van der Waals surface area contributed by atoms with Crippen molar-refractivity contribution in [3.63, 3.8) is 0 Å². The molecular formula is C14H16ClN3O3. The molecular weight excluding hydrogens is 294 g/mol. The molecule has 0 bridgehead atoms. The van der Waals surface area contributed by atoms with E-state index < -0.39 is 4.92 Å². The highest BCUT2D eigenvalue weighted by Gasteiger charge is 2.43. The van der Waals surface area contributed by atoms with Gasteiger partial charge < -0.3 is 10.2 Å². The van der Waals surface area contributed by atoms with E-state index in [0.29, 0.717) is 18.4 Å². The zero-order valence-electron chi connectivity index (χ0n) is 11.6. The first kappa shape index (κ1) is 14.3. The number of nitrogens with one attached hydrogen (secondary N) is 1. The zero-order valence-corrected chi connectivity index (χ0v) is 12.3. The molecule has 2 aliphatic rings. The van der Waals surface area contributed by atoms with Gasteiger partial charge in [0.05, 0.1) is 4.92 Å². The van der Waals surface area contributed by atoms with Crippen LogP contribution in [0, 0.1) is 22.0 Å². The fraction of sp³-hybridized carbons (Fsp3) is 0.500. The van der Waals surface area contributed by atoms with Gasteiger partial charge in [0, 0.05) is 48.4 Å². The number of carbonyl (C=O) groups excluding carboxylic acids is 1. The van der Waals surface area contributed by atoms with Crippen LogP contribution in [-0.4, -0.2) is 41.4 Å². The van der Waals surface area contributed by atoms with Crippen LogP contribution in [0.3, 0.4) is 0 Å². The summed E-state index contributed by atoms with van der Waals surface area (Å²) in [6, 6.07) is 4.18. The first-order chi connectivity index (χ1) is 9.97. The molecule has 0 radical (unpaired) electrons. The lowest BCUT2D eigenvalue weighted by Crippen LogP contribution is -2.38. The van der Waals surface area contributed by atoms with E-state index in [0.717, 1.165) is 13.1 Å². The van der Waals surface area contributed by atoms with Gasteiger partial charge in [-0.1, -0.05) is 11.6 Å². The summed E-state index contributed by atoms with van der Waals surface area (Å²) in [5, 5.41) is 14.4. The zero-order chi connectivity index (χ0) is 15.1. The Morgan fingerprint density at radius 3 is 2.86 bits per heavy atom. The number of nitrogens with zero attached hydrogens (tertiary/aromatic N) is 2. The molecule has 3 atom stereocenters. The highest BCUT2D eigenvalue weighted by atomic mass is 35.5. The van der Waals surface area contributed by atoms with Crippen molar-refractivity contribution in [2.24, 2.45) is 11.8 Å². The number of benzene rings is 1. The van der Waals surface area contributed by atoms with E-state index in [1.54, 1.807) is 0 Å². The number of fused-ring (bicyclic) bond motifs is 1. The van der Waals surface area contributed by atoms with Gasteiger partial charge >= 0.3 is 0 Å². The Morgan fingerprint density at radius 1 is 1.43 bits per heavy atom. The molecule has 1 N–H and O–H groups in total. The summed E-state index contributed by atoms with van der Waals surface area (Å²) in [4.78, 5) is 24.8. The summed E-state index contributed by atoms with van der Waals surface area (Å²) in [5.41, 5.74) is 0.133. The predicted molar refractivity (Wildman–Crippen MR) is 78.5 cm³/mol. The lowest BCUT2D eigenvalue weighted by Gasteiger charge is -2.24. The summed E-state index contributed by atoms with van der Waals surface area (Å²) >= 11 is 5.89. The SMILES string of the molecule is CC1C2CNCC2CN1C(=O)c1cc(Cl)cc([N+](=O)[O-])c1. The van der Waals surface area contributed by atoms with Gasteiger partial charge in [-0.25, -0.2) is 0 Å². The maximum atomic E-state index is 12.6. The number of hydrogen-bond acceptors (Lipinski definition) is 4. The number of hydrogen-bond donors (Lipinski definition) is 1. The van der Waals surface area contributed by atoms with Crippen molar-refractivity contribution in [1.29, 1.82) is 0 Å². The number of amides is 1. The van der Waals surface area contributed by atoms with Crippen molar-refractivity contribution < 1.29 is 9.72 Å². The smallest absolute Gasteiger partial charge is 0.271 e. The maximum Gasteiger partial charge on any atom is 0.271 e.